The quantitative estimate of drug-likeness (QED) is 0.281. The molecule has 0 aliphatic carbocycles. The van der Waals surface area contributed by atoms with Crippen LogP contribution in [-0.2, 0) is 12.6 Å². The van der Waals surface area contributed by atoms with Gasteiger partial charge in [0.2, 0.25) is 0 Å². The van der Waals surface area contributed by atoms with Gasteiger partial charge in [-0.25, -0.2) is 5.26 Å². The van der Waals surface area contributed by atoms with Crippen LogP contribution in [0, 0.1) is 30.9 Å². The highest BCUT2D eigenvalue weighted by molar-refractivity contribution is 7.64. The second-order valence-electron chi connectivity index (χ2n) is 3.56. The normalized spacial score (nSPS) is 8.90. The van der Waals surface area contributed by atoms with Gasteiger partial charge in [0.25, 0.3) is 11.4 Å². The Morgan fingerprint density at radius 1 is 1.10 bits per heavy atom. The van der Waals surface area contributed by atoms with Gasteiger partial charge < -0.3 is 12.6 Å². The molecule has 106 valence electrons. The summed E-state index contributed by atoms with van der Waals surface area (Å²) >= 11 is 3.70. The largest absolute Gasteiger partial charge is 0.696 e. The fourth-order valence-electron chi connectivity index (χ4n) is 1.55. The molecule has 0 bridgehead atoms. The van der Waals surface area contributed by atoms with Gasteiger partial charge >= 0.3 is 5.69 Å². The van der Waals surface area contributed by atoms with E-state index in [0.29, 0.717) is 0 Å². The van der Waals surface area contributed by atoms with Gasteiger partial charge in [-0.3, -0.25) is 20.2 Å². The van der Waals surface area contributed by atoms with Crippen molar-refractivity contribution >= 4 is 24.0 Å². The van der Waals surface area contributed by atoms with Crippen molar-refractivity contribution in [1.29, 1.82) is 5.26 Å². The van der Waals surface area contributed by atoms with Gasteiger partial charge in [-0.05, 0) is 0 Å². The first-order chi connectivity index (χ1) is 10.0. The summed E-state index contributed by atoms with van der Waals surface area (Å²) in [5, 5.41) is 30.0. The summed E-state index contributed by atoms with van der Waals surface area (Å²) in [6.45, 7) is 0. The number of nitriles is 1. The predicted molar refractivity (Wildman–Crippen MR) is 74.3 cm³/mol. The molecule has 1 aromatic carbocycles. The molecular formula is C12H8N4O4S. The Balaban J connectivity index is 0.000000677. The minimum atomic E-state index is -0.660. The number of hydrogen-bond donors (Lipinski definition) is 0. The van der Waals surface area contributed by atoms with Crippen LogP contribution in [0.15, 0.2) is 48.8 Å². The van der Waals surface area contributed by atoms with Crippen molar-refractivity contribution in [2.24, 2.45) is 0 Å². The second-order valence-corrected chi connectivity index (χ2v) is 3.74. The van der Waals surface area contributed by atoms with Gasteiger partial charge in [0.15, 0.2) is 12.4 Å². The standard InChI is InChI=1S/C11H8N3O4.CHNS/c15-13(16)9-4-5-10(11(8-9)14(17)18)12-6-2-1-3-7-12;2-1-3/h1-8H;3H/q+1;/p-1. The van der Waals surface area contributed by atoms with E-state index in [-0.39, 0.29) is 17.1 Å². The van der Waals surface area contributed by atoms with Gasteiger partial charge in [-0.1, -0.05) is 11.5 Å². The molecule has 2 aromatic rings. The maximum atomic E-state index is 10.9. The lowest BCUT2D eigenvalue weighted by Gasteiger charge is -1.97. The molecule has 0 radical (unpaired) electrons. The average Bonchev–Trinajstić information content (AvgIpc) is 2.48. The minimum absolute atomic E-state index is 0.284. The van der Waals surface area contributed by atoms with E-state index < -0.39 is 9.85 Å². The van der Waals surface area contributed by atoms with E-state index in [1.54, 1.807) is 30.6 Å². The molecule has 1 heterocycles. The Hall–Kier alpha value is -3.12. The Morgan fingerprint density at radius 3 is 2.14 bits per heavy atom. The van der Waals surface area contributed by atoms with Gasteiger partial charge in [0, 0.05) is 24.3 Å². The van der Waals surface area contributed by atoms with Crippen LogP contribution in [0.3, 0.4) is 0 Å². The second kappa shape index (κ2) is 7.46. The van der Waals surface area contributed by atoms with E-state index in [1.807, 2.05) is 0 Å². The zero-order valence-electron chi connectivity index (χ0n) is 10.4. The van der Waals surface area contributed by atoms with Gasteiger partial charge in [0.1, 0.15) is 6.07 Å². The highest BCUT2D eigenvalue weighted by Crippen LogP contribution is 2.24. The summed E-state index contributed by atoms with van der Waals surface area (Å²) in [5.74, 6) is 0. The number of pyridine rings is 1. The lowest BCUT2D eigenvalue weighted by molar-refractivity contribution is -0.600. The zero-order valence-corrected chi connectivity index (χ0v) is 11.3. The molecule has 0 spiro atoms. The Bertz CT molecular complexity index is 700. The van der Waals surface area contributed by atoms with Crippen LogP contribution in [0.5, 0.6) is 0 Å². The number of hydrogen-bond acceptors (Lipinski definition) is 6. The lowest BCUT2D eigenvalue weighted by Crippen LogP contribution is -2.30. The number of nitrogens with zero attached hydrogens (tertiary/aromatic N) is 4. The molecule has 0 aliphatic rings. The first-order valence-electron chi connectivity index (χ1n) is 5.42. The molecule has 9 heteroatoms. The summed E-state index contributed by atoms with van der Waals surface area (Å²) in [5.41, 5.74) is -0.325. The number of aromatic nitrogens is 1. The van der Waals surface area contributed by atoms with Crippen molar-refractivity contribution in [3.05, 3.63) is 69.0 Å². The fraction of sp³-hybridized carbons (Fsp3) is 0. The van der Waals surface area contributed by atoms with Crippen LogP contribution in [0.2, 0.25) is 0 Å². The van der Waals surface area contributed by atoms with Crippen molar-refractivity contribution < 1.29 is 14.4 Å². The Kier molecular flexibility index (Phi) is 5.66. The average molecular weight is 304 g/mol. The highest BCUT2D eigenvalue weighted by atomic mass is 32.1. The van der Waals surface area contributed by atoms with E-state index in [2.05, 4.69) is 12.6 Å². The maximum absolute atomic E-state index is 10.9. The van der Waals surface area contributed by atoms with Crippen molar-refractivity contribution in [2.75, 3.05) is 0 Å². The summed E-state index contributed by atoms with van der Waals surface area (Å²) < 4.78 is 1.53. The lowest BCUT2D eigenvalue weighted by atomic mass is 10.2. The van der Waals surface area contributed by atoms with E-state index in [4.69, 9.17) is 5.26 Å². The third-order valence-electron chi connectivity index (χ3n) is 2.36. The minimum Gasteiger partial charge on any atom is -0.696 e. The van der Waals surface area contributed by atoms with Gasteiger partial charge in [-0.2, -0.15) is 4.57 Å². The number of non-ortho nitro benzene ring substituents is 1. The first-order valence-corrected chi connectivity index (χ1v) is 5.82. The molecule has 0 amide bonds. The van der Waals surface area contributed by atoms with Gasteiger partial charge in [-0.15, -0.1) is 0 Å². The zero-order chi connectivity index (χ0) is 15.8. The van der Waals surface area contributed by atoms with Gasteiger partial charge in [0.05, 0.1) is 9.85 Å². The highest BCUT2D eigenvalue weighted by Gasteiger charge is 2.25. The van der Waals surface area contributed by atoms with Crippen molar-refractivity contribution in [1.82, 2.24) is 0 Å². The third-order valence-corrected chi connectivity index (χ3v) is 2.36. The predicted octanol–water partition coefficient (Wildman–Crippen LogP) is 1.79. The number of nitro benzene ring substituents is 2. The monoisotopic (exact) mass is 304 g/mol. The van der Waals surface area contributed by atoms with E-state index in [9.17, 15) is 20.2 Å². The van der Waals surface area contributed by atoms with Crippen molar-refractivity contribution in [3.8, 4) is 11.1 Å². The number of rotatable bonds is 3. The molecule has 2 rings (SSSR count). The summed E-state index contributed by atoms with van der Waals surface area (Å²) in [7, 11) is 0. The molecule has 0 saturated carbocycles. The fourth-order valence-corrected chi connectivity index (χ4v) is 1.55. The first kappa shape index (κ1) is 15.9. The topological polar surface area (TPSA) is 114 Å². The van der Waals surface area contributed by atoms with Crippen LogP contribution < -0.4 is 4.57 Å². The molecule has 0 fully saturated rings. The molecule has 0 atom stereocenters. The summed E-state index contributed by atoms with van der Waals surface area (Å²) in [4.78, 5) is 20.2. The van der Waals surface area contributed by atoms with Crippen molar-refractivity contribution in [2.45, 2.75) is 0 Å². The van der Waals surface area contributed by atoms with Crippen LogP contribution >= 0.6 is 0 Å². The third kappa shape index (κ3) is 4.19. The molecule has 21 heavy (non-hydrogen) atoms. The maximum Gasteiger partial charge on any atom is 0.347 e. The van der Waals surface area contributed by atoms with Crippen molar-refractivity contribution in [3.63, 3.8) is 0 Å². The van der Waals surface area contributed by atoms with E-state index in [0.717, 1.165) is 6.07 Å². The summed E-state index contributed by atoms with van der Waals surface area (Å²) in [6.07, 6.45) is 3.27. The Morgan fingerprint density at radius 2 is 1.67 bits per heavy atom. The number of thiocyanates is 1. The number of benzene rings is 1. The van der Waals surface area contributed by atoms with Crippen LogP contribution in [0.4, 0.5) is 11.4 Å². The van der Waals surface area contributed by atoms with Crippen LogP contribution in [0.25, 0.3) is 5.69 Å². The molecule has 0 saturated heterocycles. The molecule has 8 nitrogen and oxygen atoms in total. The molecule has 0 unspecified atom stereocenters. The summed E-state index contributed by atoms with van der Waals surface area (Å²) in [6, 6.07) is 8.75. The van der Waals surface area contributed by atoms with E-state index >= 15 is 0 Å². The van der Waals surface area contributed by atoms with E-state index in [1.165, 1.54) is 22.1 Å². The smallest absolute Gasteiger partial charge is 0.347 e. The molecular weight excluding hydrogens is 296 g/mol. The SMILES string of the molecule is N#C[S-].O=[N+]([O-])c1ccc(-[n+]2ccccc2)c([N+](=O)[O-])c1. The van der Waals surface area contributed by atoms with Crippen LogP contribution in [-0.4, -0.2) is 9.85 Å². The molecule has 0 N–H and O–H groups in total. The molecule has 1 aromatic heterocycles. The molecule has 0 aliphatic heterocycles. The Labute approximate surface area is 124 Å². The van der Waals surface area contributed by atoms with Crippen LogP contribution in [0.1, 0.15) is 0 Å². The number of nitro groups is 2.